The highest BCUT2D eigenvalue weighted by molar-refractivity contribution is 7.89. The van der Waals surface area contributed by atoms with Crippen LogP contribution < -0.4 is 10.0 Å². The number of carbonyl (C=O) groups is 1. The molecule has 2 aromatic rings. The summed E-state index contributed by atoms with van der Waals surface area (Å²) in [5.41, 5.74) is 0.872. The molecule has 1 aliphatic carbocycles. The van der Waals surface area contributed by atoms with Gasteiger partial charge in [-0.05, 0) is 62.4 Å². The Morgan fingerprint density at radius 3 is 2.39 bits per heavy atom. The Balaban J connectivity index is 1.66. The van der Waals surface area contributed by atoms with Gasteiger partial charge in [0, 0.05) is 18.0 Å². The standard InChI is InChI=1S/C21H25FN2O3S/c1-21(2,3)24-28(26,27)19-7-5-4-6-15(19)13-23-20(25)18-12-17(18)14-8-10-16(22)11-9-14/h4-11,17-18,24H,12-13H2,1-3H3,(H,23,25)/t17-,18+/m0/s1. The molecule has 0 bridgehead atoms. The summed E-state index contributed by atoms with van der Waals surface area (Å²) in [6, 6.07) is 12.8. The van der Waals surface area contributed by atoms with Crippen molar-refractivity contribution < 1.29 is 17.6 Å². The lowest BCUT2D eigenvalue weighted by Gasteiger charge is -2.21. The van der Waals surface area contributed by atoms with Crippen molar-refractivity contribution in [2.75, 3.05) is 0 Å². The quantitative estimate of drug-likeness (QED) is 0.776. The molecule has 1 aliphatic rings. The van der Waals surface area contributed by atoms with Gasteiger partial charge >= 0.3 is 0 Å². The number of halogens is 1. The highest BCUT2D eigenvalue weighted by atomic mass is 32.2. The summed E-state index contributed by atoms with van der Waals surface area (Å²) in [6.45, 7) is 5.46. The molecule has 0 heterocycles. The molecule has 2 aromatic carbocycles. The zero-order valence-electron chi connectivity index (χ0n) is 16.2. The lowest BCUT2D eigenvalue weighted by molar-refractivity contribution is -0.122. The summed E-state index contributed by atoms with van der Waals surface area (Å²) < 4.78 is 41.0. The number of amides is 1. The zero-order valence-corrected chi connectivity index (χ0v) is 17.0. The lowest BCUT2D eigenvalue weighted by atomic mass is 10.1. The normalized spacial score (nSPS) is 19.3. The summed E-state index contributed by atoms with van der Waals surface area (Å²) >= 11 is 0. The summed E-state index contributed by atoms with van der Waals surface area (Å²) in [6.07, 6.45) is 0.711. The van der Waals surface area contributed by atoms with Gasteiger partial charge in [0.2, 0.25) is 15.9 Å². The third-order valence-corrected chi connectivity index (χ3v) is 6.44. The Kier molecular flexibility index (Phi) is 5.59. The minimum absolute atomic E-state index is 0.0853. The maximum Gasteiger partial charge on any atom is 0.241 e. The molecule has 0 saturated heterocycles. The van der Waals surface area contributed by atoms with Gasteiger partial charge in [-0.25, -0.2) is 17.5 Å². The fraction of sp³-hybridized carbons (Fsp3) is 0.381. The van der Waals surface area contributed by atoms with Crippen LogP contribution in [0.15, 0.2) is 53.4 Å². The second-order valence-corrected chi connectivity index (χ2v) is 9.83. The molecule has 2 atom stereocenters. The average molecular weight is 405 g/mol. The Hall–Kier alpha value is -2.25. The third-order valence-electron chi connectivity index (χ3n) is 4.58. The molecule has 2 N–H and O–H groups in total. The van der Waals surface area contributed by atoms with E-state index >= 15 is 0 Å². The molecule has 28 heavy (non-hydrogen) atoms. The van der Waals surface area contributed by atoms with Crippen molar-refractivity contribution in [2.45, 2.75) is 50.1 Å². The topological polar surface area (TPSA) is 75.3 Å². The van der Waals surface area contributed by atoms with E-state index in [9.17, 15) is 17.6 Å². The van der Waals surface area contributed by atoms with Crippen LogP contribution in [0.2, 0.25) is 0 Å². The molecule has 0 spiro atoms. The number of nitrogens with one attached hydrogen (secondary N) is 2. The van der Waals surface area contributed by atoms with Crippen LogP contribution >= 0.6 is 0 Å². The molecule has 7 heteroatoms. The molecule has 0 unspecified atom stereocenters. The van der Waals surface area contributed by atoms with Crippen LogP contribution in [0.25, 0.3) is 0 Å². The van der Waals surface area contributed by atoms with Gasteiger partial charge in [0.25, 0.3) is 0 Å². The van der Waals surface area contributed by atoms with E-state index in [0.29, 0.717) is 12.0 Å². The zero-order chi connectivity index (χ0) is 20.5. The Labute approximate surface area is 165 Å². The van der Waals surface area contributed by atoms with E-state index in [-0.39, 0.29) is 35.0 Å². The predicted molar refractivity (Wildman–Crippen MR) is 106 cm³/mol. The van der Waals surface area contributed by atoms with E-state index in [1.165, 1.54) is 18.2 Å². The van der Waals surface area contributed by atoms with Gasteiger partial charge in [-0.3, -0.25) is 4.79 Å². The highest BCUT2D eigenvalue weighted by Crippen LogP contribution is 2.47. The van der Waals surface area contributed by atoms with Crippen molar-refractivity contribution in [3.63, 3.8) is 0 Å². The molecule has 5 nitrogen and oxygen atoms in total. The van der Waals surface area contributed by atoms with E-state index in [2.05, 4.69) is 10.0 Å². The first-order chi connectivity index (χ1) is 13.1. The SMILES string of the molecule is CC(C)(C)NS(=O)(=O)c1ccccc1CNC(=O)[C@@H]1C[C@H]1c1ccc(F)cc1. The van der Waals surface area contributed by atoms with E-state index in [1.807, 2.05) is 0 Å². The smallest absolute Gasteiger partial charge is 0.241 e. The first-order valence-electron chi connectivity index (χ1n) is 9.22. The predicted octanol–water partition coefficient (Wildman–Crippen LogP) is 3.32. The molecule has 1 saturated carbocycles. The second kappa shape index (κ2) is 7.64. The van der Waals surface area contributed by atoms with E-state index in [0.717, 1.165) is 5.56 Å². The van der Waals surface area contributed by atoms with Crippen LogP contribution in [0.3, 0.4) is 0 Å². The van der Waals surface area contributed by atoms with Crippen LogP contribution in [0.1, 0.15) is 44.2 Å². The molecule has 0 aliphatic heterocycles. The van der Waals surface area contributed by atoms with Gasteiger partial charge in [0.1, 0.15) is 5.82 Å². The second-order valence-electron chi connectivity index (χ2n) is 8.18. The van der Waals surface area contributed by atoms with Crippen molar-refractivity contribution in [1.82, 2.24) is 10.0 Å². The molecule has 0 radical (unpaired) electrons. The van der Waals surface area contributed by atoms with E-state index < -0.39 is 15.6 Å². The van der Waals surface area contributed by atoms with Crippen LogP contribution in [-0.2, 0) is 21.4 Å². The van der Waals surface area contributed by atoms with Gasteiger partial charge in [-0.2, -0.15) is 0 Å². The summed E-state index contributed by atoms with van der Waals surface area (Å²) in [5.74, 6) is -0.499. The molecule has 1 fully saturated rings. The average Bonchev–Trinajstić information content (AvgIpc) is 3.39. The Morgan fingerprint density at radius 2 is 1.75 bits per heavy atom. The van der Waals surface area contributed by atoms with Crippen molar-refractivity contribution in [1.29, 1.82) is 0 Å². The highest BCUT2D eigenvalue weighted by Gasteiger charge is 2.43. The first kappa shape index (κ1) is 20.5. The maximum absolute atomic E-state index is 13.0. The lowest BCUT2D eigenvalue weighted by Crippen LogP contribution is -2.41. The molecule has 1 amide bonds. The monoisotopic (exact) mass is 404 g/mol. The molecule has 150 valence electrons. The fourth-order valence-electron chi connectivity index (χ4n) is 3.25. The number of sulfonamides is 1. The Morgan fingerprint density at radius 1 is 1.11 bits per heavy atom. The number of hydrogen-bond acceptors (Lipinski definition) is 3. The van der Waals surface area contributed by atoms with Crippen LogP contribution in [0.4, 0.5) is 4.39 Å². The van der Waals surface area contributed by atoms with E-state index in [4.69, 9.17) is 0 Å². The van der Waals surface area contributed by atoms with Gasteiger partial charge in [-0.1, -0.05) is 30.3 Å². The van der Waals surface area contributed by atoms with Crippen LogP contribution in [0.5, 0.6) is 0 Å². The third kappa shape index (κ3) is 4.97. The number of hydrogen-bond donors (Lipinski definition) is 2. The summed E-state index contributed by atoms with van der Waals surface area (Å²) in [7, 11) is -3.70. The fourth-order valence-corrected chi connectivity index (χ4v) is 4.91. The van der Waals surface area contributed by atoms with Gasteiger partial charge in [-0.15, -0.1) is 0 Å². The minimum atomic E-state index is -3.70. The minimum Gasteiger partial charge on any atom is -0.352 e. The van der Waals surface area contributed by atoms with Crippen LogP contribution in [-0.4, -0.2) is 19.9 Å². The van der Waals surface area contributed by atoms with Crippen molar-refractivity contribution >= 4 is 15.9 Å². The molecular formula is C21H25FN2O3S. The Bertz CT molecular complexity index is 966. The van der Waals surface area contributed by atoms with Crippen molar-refractivity contribution in [3.8, 4) is 0 Å². The summed E-state index contributed by atoms with van der Waals surface area (Å²) in [4.78, 5) is 12.6. The van der Waals surface area contributed by atoms with Crippen LogP contribution in [0, 0.1) is 11.7 Å². The van der Waals surface area contributed by atoms with Crippen molar-refractivity contribution in [3.05, 3.63) is 65.5 Å². The van der Waals surface area contributed by atoms with Crippen molar-refractivity contribution in [2.24, 2.45) is 5.92 Å². The summed E-state index contributed by atoms with van der Waals surface area (Å²) in [5, 5.41) is 2.84. The first-order valence-corrected chi connectivity index (χ1v) is 10.7. The number of rotatable bonds is 6. The molecular weight excluding hydrogens is 379 g/mol. The maximum atomic E-state index is 13.0. The van der Waals surface area contributed by atoms with E-state index in [1.54, 1.807) is 51.1 Å². The van der Waals surface area contributed by atoms with Gasteiger partial charge < -0.3 is 5.32 Å². The number of carbonyl (C=O) groups excluding carboxylic acids is 1. The number of benzene rings is 2. The van der Waals surface area contributed by atoms with Gasteiger partial charge in [0.05, 0.1) is 4.90 Å². The molecule has 3 rings (SSSR count). The largest absolute Gasteiger partial charge is 0.352 e. The van der Waals surface area contributed by atoms with Gasteiger partial charge in [0.15, 0.2) is 0 Å². The molecule has 0 aromatic heterocycles.